The van der Waals surface area contributed by atoms with Crippen LogP contribution in [0.5, 0.6) is 0 Å². The van der Waals surface area contributed by atoms with Crippen molar-refractivity contribution in [3.05, 3.63) is 35.9 Å². The number of carbonyl (C=O) groups excluding carboxylic acids is 1. The first-order chi connectivity index (χ1) is 9.13. The first-order valence-corrected chi connectivity index (χ1v) is 6.18. The number of amides is 1. The van der Waals surface area contributed by atoms with Gasteiger partial charge in [0, 0.05) is 26.6 Å². The van der Waals surface area contributed by atoms with Gasteiger partial charge in [-0.3, -0.25) is 4.79 Å². The molecule has 1 amide bonds. The van der Waals surface area contributed by atoms with Gasteiger partial charge in [-0.25, -0.2) is 4.79 Å². The van der Waals surface area contributed by atoms with Crippen molar-refractivity contribution in [1.82, 2.24) is 5.32 Å². The van der Waals surface area contributed by atoms with Gasteiger partial charge in [-0.1, -0.05) is 30.3 Å². The summed E-state index contributed by atoms with van der Waals surface area (Å²) in [6.07, 6.45) is 1.14. The molecule has 1 rings (SSSR count). The number of nitrogens with one attached hydrogen (secondary N) is 1. The van der Waals surface area contributed by atoms with E-state index in [9.17, 15) is 9.59 Å². The first kappa shape index (κ1) is 15.2. The molecular formula is C14H19NO4. The number of ether oxygens (including phenoxy) is 1. The monoisotopic (exact) mass is 265 g/mol. The predicted octanol–water partition coefficient (Wildman–Crippen LogP) is 1.23. The van der Waals surface area contributed by atoms with Crippen molar-refractivity contribution in [2.45, 2.75) is 25.3 Å². The summed E-state index contributed by atoms with van der Waals surface area (Å²) >= 11 is 0. The Bertz CT molecular complexity index is 405. The van der Waals surface area contributed by atoms with Crippen LogP contribution in [-0.2, 0) is 20.7 Å². The summed E-state index contributed by atoms with van der Waals surface area (Å²) in [5.74, 6) is -1.29. The summed E-state index contributed by atoms with van der Waals surface area (Å²) < 4.78 is 4.84. The van der Waals surface area contributed by atoms with Crippen LogP contribution in [0.4, 0.5) is 0 Å². The van der Waals surface area contributed by atoms with Crippen molar-refractivity contribution in [3.8, 4) is 0 Å². The van der Waals surface area contributed by atoms with Crippen molar-refractivity contribution in [2.24, 2.45) is 0 Å². The molecule has 0 radical (unpaired) electrons. The highest BCUT2D eigenvalue weighted by molar-refractivity contribution is 5.83. The van der Waals surface area contributed by atoms with Gasteiger partial charge in [-0.2, -0.15) is 0 Å². The van der Waals surface area contributed by atoms with Gasteiger partial charge in [0.15, 0.2) is 0 Å². The molecule has 0 saturated heterocycles. The fourth-order valence-electron chi connectivity index (χ4n) is 1.69. The molecule has 2 N–H and O–H groups in total. The fraction of sp³-hybridized carbons (Fsp3) is 0.429. The standard InChI is InChI=1S/C14H19NO4/c1-19-9-5-8-13(16)15-12(14(17)18)10-11-6-3-2-4-7-11/h2-4,6-7,12H,5,8-10H2,1H3,(H,15,16)(H,17,18). The van der Waals surface area contributed by atoms with E-state index in [0.29, 0.717) is 13.0 Å². The summed E-state index contributed by atoms with van der Waals surface area (Å²) in [5, 5.41) is 11.6. The second-order valence-electron chi connectivity index (χ2n) is 4.24. The molecule has 1 atom stereocenters. The Morgan fingerprint density at radius 3 is 2.58 bits per heavy atom. The fourth-order valence-corrected chi connectivity index (χ4v) is 1.69. The van der Waals surface area contributed by atoms with Crippen LogP contribution >= 0.6 is 0 Å². The van der Waals surface area contributed by atoms with E-state index in [1.807, 2.05) is 30.3 Å². The Morgan fingerprint density at radius 2 is 2.00 bits per heavy atom. The van der Waals surface area contributed by atoms with E-state index < -0.39 is 12.0 Å². The summed E-state index contributed by atoms with van der Waals surface area (Å²) in [4.78, 5) is 22.7. The van der Waals surface area contributed by atoms with Gasteiger partial charge in [0.25, 0.3) is 0 Å². The lowest BCUT2D eigenvalue weighted by Gasteiger charge is -2.14. The number of aliphatic carboxylic acids is 1. The quantitative estimate of drug-likeness (QED) is 0.693. The SMILES string of the molecule is COCCCC(=O)NC(Cc1ccccc1)C(=O)O. The molecular weight excluding hydrogens is 246 g/mol. The third kappa shape index (κ3) is 6.01. The third-order valence-corrected chi connectivity index (χ3v) is 2.67. The van der Waals surface area contributed by atoms with E-state index >= 15 is 0 Å². The number of hydrogen-bond donors (Lipinski definition) is 2. The van der Waals surface area contributed by atoms with Crippen LogP contribution in [0.3, 0.4) is 0 Å². The zero-order valence-electron chi connectivity index (χ0n) is 11.0. The van der Waals surface area contributed by atoms with Crippen molar-refractivity contribution >= 4 is 11.9 Å². The Kier molecular flexibility index (Phi) is 6.60. The zero-order valence-corrected chi connectivity index (χ0v) is 11.0. The number of hydrogen-bond acceptors (Lipinski definition) is 3. The van der Waals surface area contributed by atoms with Crippen molar-refractivity contribution in [3.63, 3.8) is 0 Å². The van der Waals surface area contributed by atoms with Gasteiger partial charge in [-0.15, -0.1) is 0 Å². The van der Waals surface area contributed by atoms with Gasteiger partial charge in [0.2, 0.25) is 5.91 Å². The molecule has 19 heavy (non-hydrogen) atoms. The number of carboxylic acids is 1. The van der Waals surface area contributed by atoms with Gasteiger partial charge >= 0.3 is 5.97 Å². The molecule has 0 fully saturated rings. The van der Waals surface area contributed by atoms with Crippen LogP contribution < -0.4 is 5.32 Å². The minimum atomic E-state index is -1.02. The van der Waals surface area contributed by atoms with Gasteiger partial charge < -0.3 is 15.2 Å². The molecule has 0 bridgehead atoms. The van der Waals surface area contributed by atoms with Crippen molar-refractivity contribution in [2.75, 3.05) is 13.7 Å². The maximum absolute atomic E-state index is 11.6. The molecule has 5 nitrogen and oxygen atoms in total. The summed E-state index contributed by atoms with van der Waals surface area (Å²) in [6.45, 7) is 0.490. The summed E-state index contributed by atoms with van der Waals surface area (Å²) in [6, 6.07) is 8.34. The van der Waals surface area contributed by atoms with Crippen molar-refractivity contribution < 1.29 is 19.4 Å². The highest BCUT2D eigenvalue weighted by Crippen LogP contribution is 2.04. The number of rotatable bonds is 8. The lowest BCUT2D eigenvalue weighted by molar-refractivity contribution is -0.141. The maximum atomic E-state index is 11.6. The average Bonchev–Trinajstić information content (AvgIpc) is 2.39. The zero-order chi connectivity index (χ0) is 14.1. The smallest absolute Gasteiger partial charge is 0.326 e. The molecule has 0 aliphatic carbocycles. The lowest BCUT2D eigenvalue weighted by Crippen LogP contribution is -2.42. The van der Waals surface area contributed by atoms with E-state index in [2.05, 4.69) is 5.32 Å². The molecule has 0 heterocycles. The topological polar surface area (TPSA) is 75.6 Å². The molecule has 1 unspecified atom stereocenters. The molecule has 0 saturated carbocycles. The van der Waals surface area contributed by atoms with Crippen molar-refractivity contribution in [1.29, 1.82) is 0 Å². The van der Waals surface area contributed by atoms with Crippen LogP contribution in [0.2, 0.25) is 0 Å². The normalized spacial score (nSPS) is 11.8. The molecule has 1 aromatic carbocycles. The second kappa shape index (κ2) is 8.26. The summed E-state index contributed by atoms with van der Waals surface area (Å²) in [5.41, 5.74) is 0.882. The van der Waals surface area contributed by atoms with Gasteiger partial charge in [0.1, 0.15) is 6.04 Å². The van der Waals surface area contributed by atoms with Crippen LogP contribution in [-0.4, -0.2) is 36.7 Å². The van der Waals surface area contributed by atoms with Gasteiger partial charge in [0.05, 0.1) is 0 Å². The Morgan fingerprint density at radius 1 is 1.32 bits per heavy atom. The molecule has 104 valence electrons. The Hall–Kier alpha value is -1.88. The minimum absolute atomic E-state index is 0.264. The Labute approximate surface area is 112 Å². The molecule has 0 aromatic heterocycles. The second-order valence-corrected chi connectivity index (χ2v) is 4.24. The first-order valence-electron chi connectivity index (χ1n) is 6.18. The van der Waals surface area contributed by atoms with Crippen LogP contribution in [0.15, 0.2) is 30.3 Å². The minimum Gasteiger partial charge on any atom is -0.480 e. The molecule has 1 aromatic rings. The van der Waals surface area contributed by atoms with Crippen LogP contribution in [0, 0.1) is 0 Å². The molecule has 0 aliphatic heterocycles. The molecule has 0 spiro atoms. The lowest BCUT2D eigenvalue weighted by atomic mass is 10.1. The molecule has 0 aliphatic rings. The Balaban J connectivity index is 2.49. The average molecular weight is 265 g/mol. The number of benzene rings is 1. The predicted molar refractivity (Wildman–Crippen MR) is 70.8 cm³/mol. The van der Waals surface area contributed by atoms with E-state index in [0.717, 1.165) is 5.56 Å². The maximum Gasteiger partial charge on any atom is 0.326 e. The van der Waals surface area contributed by atoms with Crippen LogP contribution in [0.1, 0.15) is 18.4 Å². The van der Waals surface area contributed by atoms with E-state index in [1.54, 1.807) is 7.11 Å². The highest BCUT2D eigenvalue weighted by Gasteiger charge is 2.19. The van der Waals surface area contributed by atoms with Gasteiger partial charge in [-0.05, 0) is 12.0 Å². The van der Waals surface area contributed by atoms with E-state index in [1.165, 1.54) is 0 Å². The number of methoxy groups -OCH3 is 1. The highest BCUT2D eigenvalue weighted by atomic mass is 16.5. The van der Waals surface area contributed by atoms with E-state index in [4.69, 9.17) is 9.84 Å². The van der Waals surface area contributed by atoms with Crippen LogP contribution in [0.25, 0.3) is 0 Å². The largest absolute Gasteiger partial charge is 0.480 e. The number of carboxylic acid groups (broad SMARTS) is 1. The number of carbonyl (C=O) groups is 2. The van der Waals surface area contributed by atoms with E-state index in [-0.39, 0.29) is 18.7 Å². The molecule has 5 heteroatoms. The summed E-state index contributed by atoms with van der Waals surface area (Å²) in [7, 11) is 1.56. The third-order valence-electron chi connectivity index (χ3n) is 2.67.